The Morgan fingerprint density at radius 3 is 2.12 bits per heavy atom. The van der Waals surface area contributed by atoms with E-state index in [4.69, 9.17) is 5.21 Å². The highest BCUT2D eigenvalue weighted by Crippen LogP contribution is 2.24. The zero-order chi connectivity index (χ0) is 12.8. The highest BCUT2D eigenvalue weighted by molar-refractivity contribution is 5.84. The molecule has 1 aromatic rings. The van der Waals surface area contributed by atoms with Crippen LogP contribution < -0.4 is 0 Å². The third kappa shape index (κ3) is 2.67. The third-order valence-electron chi connectivity index (χ3n) is 3.23. The van der Waals surface area contributed by atoms with Crippen LogP contribution in [0.4, 0.5) is 0 Å². The Labute approximate surface area is 103 Å². The van der Waals surface area contributed by atoms with E-state index in [-0.39, 0.29) is 6.61 Å². The third-order valence-corrected chi connectivity index (χ3v) is 3.23. The topological polar surface area (TPSA) is 52.8 Å². The lowest BCUT2D eigenvalue weighted by Crippen LogP contribution is -2.07. The molecule has 1 aromatic carbocycles. The lowest BCUT2D eigenvalue weighted by molar-refractivity contribution is 0.279. The number of benzene rings is 1. The van der Waals surface area contributed by atoms with Crippen LogP contribution >= 0.6 is 0 Å². The van der Waals surface area contributed by atoms with Crippen LogP contribution in [-0.2, 0) is 25.9 Å². The molecule has 0 aromatic heterocycles. The van der Waals surface area contributed by atoms with Crippen LogP contribution in [0.3, 0.4) is 0 Å². The summed E-state index contributed by atoms with van der Waals surface area (Å²) in [5, 5.41) is 21.4. The molecule has 0 spiro atoms. The second-order valence-corrected chi connectivity index (χ2v) is 4.03. The molecule has 0 bridgehead atoms. The van der Waals surface area contributed by atoms with Crippen molar-refractivity contribution >= 4 is 6.21 Å². The fourth-order valence-electron chi connectivity index (χ4n) is 2.35. The fourth-order valence-corrected chi connectivity index (χ4v) is 2.35. The second-order valence-electron chi connectivity index (χ2n) is 4.03. The molecule has 0 aliphatic rings. The van der Waals surface area contributed by atoms with Crippen molar-refractivity contribution in [3.8, 4) is 0 Å². The van der Waals surface area contributed by atoms with E-state index in [2.05, 4.69) is 32.0 Å². The largest absolute Gasteiger partial charge is 0.411 e. The van der Waals surface area contributed by atoms with E-state index in [1.165, 1.54) is 17.3 Å². The number of aliphatic hydroxyl groups excluding tert-OH is 1. The standard InChI is InChI=1S/C14H21NO2/c1-4-10-7-11(5-2)14(9-16)12(6-3)13(10)8-15-17/h7-8,16-17H,4-6,9H2,1-3H3/b15-8-. The first-order valence-corrected chi connectivity index (χ1v) is 6.18. The molecule has 3 heteroatoms. The van der Waals surface area contributed by atoms with Gasteiger partial charge in [-0.05, 0) is 41.5 Å². The molecule has 0 amide bonds. The average molecular weight is 235 g/mol. The first-order valence-electron chi connectivity index (χ1n) is 6.18. The number of rotatable bonds is 5. The lowest BCUT2D eigenvalue weighted by Gasteiger charge is -2.17. The van der Waals surface area contributed by atoms with Crippen molar-refractivity contribution in [3.05, 3.63) is 33.9 Å². The minimum Gasteiger partial charge on any atom is -0.411 e. The number of hydrogen-bond donors (Lipinski definition) is 2. The second kappa shape index (κ2) is 6.40. The summed E-state index contributed by atoms with van der Waals surface area (Å²) in [4.78, 5) is 0. The molecule has 0 atom stereocenters. The summed E-state index contributed by atoms with van der Waals surface area (Å²) in [5.41, 5.74) is 5.41. The van der Waals surface area contributed by atoms with Crippen molar-refractivity contribution in [1.29, 1.82) is 0 Å². The van der Waals surface area contributed by atoms with Gasteiger partial charge in [0.05, 0.1) is 12.8 Å². The van der Waals surface area contributed by atoms with E-state index in [0.717, 1.165) is 36.0 Å². The highest BCUT2D eigenvalue weighted by atomic mass is 16.4. The molecule has 0 radical (unpaired) electrons. The number of nitrogens with zero attached hydrogens (tertiary/aromatic N) is 1. The minimum atomic E-state index is 0.0443. The van der Waals surface area contributed by atoms with Gasteiger partial charge in [0, 0.05) is 5.56 Å². The summed E-state index contributed by atoms with van der Waals surface area (Å²) in [6, 6.07) is 2.11. The van der Waals surface area contributed by atoms with Crippen molar-refractivity contribution in [1.82, 2.24) is 0 Å². The van der Waals surface area contributed by atoms with Gasteiger partial charge in [0.2, 0.25) is 0 Å². The van der Waals surface area contributed by atoms with Gasteiger partial charge in [-0.1, -0.05) is 32.0 Å². The highest BCUT2D eigenvalue weighted by Gasteiger charge is 2.13. The molecule has 0 heterocycles. The molecule has 94 valence electrons. The van der Waals surface area contributed by atoms with Crippen molar-refractivity contribution in [2.45, 2.75) is 46.6 Å². The summed E-state index contributed by atoms with van der Waals surface area (Å²) in [5.74, 6) is 0. The van der Waals surface area contributed by atoms with Crippen LogP contribution in [0.5, 0.6) is 0 Å². The number of aryl methyl sites for hydroxylation is 2. The van der Waals surface area contributed by atoms with Crippen molar-refractivity contribution in [3.63, 3.8) is 0 Å². The van der Waals surface area contributed by atoms with Gasteiger partial charge < -0.3 is 10.3 Å². The Hall–Kier alpha value is -1.35. The molecule has 0 saturated heterocycles. The maximum Gasteiger partial charge on any atom is 0.0739 e. The van der Waals surface area contributed by atoms with Crippen LogP contribution in [0, 0.1) is 0 Å². The zero-order valence-electron chi connectivity index (χ0n) is 10.8. The van der Waals surface area contributed by atoms with Crippen LogP contribution in [0.2, 0.25) is 0 Å². The smallest absolute Gasteiger partial charge is 0.0739 e. The monoisotopic (exact) mass is 235 g/mol. The average Bonchev–Trinajstić information content (AvgIpc) is 2.37. The van der Waals surface area contributed by atoms with Crippen molar-refractivity contribution in [2.24, 2.45) is 5.16 Å². The molecule has 0 aliphatic heterocycles. The SMILES string of the molecule is CCc1cc(CC)c(CO)c(CC)c1/C=N\O. The van der Waals surface area contributed by atoms with Gasteiger partial charge in [0.1, 0.15) is 0 Å². The maximum absolute atomic E-state index is 9.51. The Morgan fingerprint density at radius 2 is 1.71 bits per heavy atom. The molecular formula is C14H21NO2. The summed E-state index contributed by atoms with van der Waals surface area (Å²) >= 11 is 0. The molecule has 3 nitrogen and oxygen atoms in total. The Bertz CT molecular complexity index is 411. The van der Waals surface area contributed by atoms with E-state index in [1.807, 2.05) is 0 Å². The first-order chi connectivity index (χ1) is 8.23. The van der Waals surface area contributed by atoms with Crippen LogP contribution in [0.1, 0.15) is 48.6 Å². The van der Waals surface area contributed by atoms with Crippen LogP contribution in [0.15, 0.2) is 11.2 Å². The van der Waals surface area contributed by atoms with E-state index in [1.54, 1.807) is 0 Å². The minimum absolute atomic E-state index is 0.0443. The lowest BCUT2D eigenvalue weighted by atomic mass is 9.89. The number of hydrogen-bond acceptors (Lipinski definition) is 3. The van der Waals surface area contributed by atoms with Crippen LogP contribution in [0.25, 0.3) is 0 Å². The molecule has 17 heavy (non-hydrogen) atoms. The predicted molar refractivity (Wildman–Crippen MR) is 69.9 cm³/mol. The van der Waals surface area contributed by atoms with Gasteiger partial charge in [-0.25, -0.2) is 0 Å². The Balaban J connectivity index is 3.55. The van der Waals surface area contributed by atoms with Gasteiger partial charge in [0.25, 0.3) is 0 Å². The first kappa shape index (κ1) is 13.7. The number of oxime groups is 1. The molecule has 0 aliphatic carbocycles. The normalized spacial score (nSPS) is 11.3. The predicted octanol–water partition coefficient (Wildman–Crippen LogP) is 2.67. The summed E-state index contributed by atoms with van der Waals surface area (Å²) in [6.45, 7) is 6.28. The van der Waals surface area contributed by atoms with Crippen LogP contribution in [-0.4, -0.2) is 16.5 Å². The van der Waals surface area contributed by atoms with E-state index in [9.17, 15) is 5.11 Å². The van der Waals surface area contributed by atoms with Gasteiger partial charge >= 0.3 is 0 Å². The Kier molecular flexibility index (Phi) is 5.16. The van der Waals surface area contributed by atoms with Gasteiger partial charge in [-0.15, -0.1) is 0 Å². The van der Waals surface area contributed by atoms with E-state index in [0.29, 0.717) is 0 Å². The van der Waals surface area contributed by atoms with Gasteiger partial charge in [0.15, 0.2) is 0 Å². The molecule has 0 fully saturated rings. The van der Waals surface area contributed by atoms with E-state index >= 15 is 0 Å². The Morgan fingerprint density at radius 1 is 1.06 bits per heavy atom. The van der Waals surface area contributed by atoms with Gasteiger partial charge in [-0.3, -0.25) is 0 Å². The van der Waals surface area contributed by atoms with Gasteiger partial charge in [-0.2, -0.15) is 0 Å². The number of aliphatic hydroxyl groups is 1. The molecule has 0 unspecified atom stereocenters. The van der Waals surface area contributed by atoms with E-state index < -0.39 is 0 Å². The summed E-state index contributed by atoms with van der Waals surface area (Å²) in [6.07, 6.45) is 4.12. The maximum atomic E-state index is 9.51. The quantitative estimate of drug-likeness (QED) is 0.468. The zero-order valence-corrected chi connectivity index (χ0v) is 10.8. The van der Waals surface area contributed by atoms with Crippen molar-refractivity contribution in [2.75, 3.05) is 0 Å². The molecule has 1 rings (SSSR count). The summed E-state index contributed by atoms with van der Waals surface area (Å²) < 4.78 is 0. The fraction of sp³-hybridized carbons (Fsp3) is 0.500. The van der Waals surface area contributed by atoms with Crippen molar-refractivity contribution < 1.29 is 10.3 Å². The molecule has 0 saturated carbocycles. The molecular weight excluding hydrogens is 214 g/mol. The summed E-state index contributed by atoms with van der Waals surface area (Å²) in [7, 11) is 0. The molecule has 2 N–H and O–H groups in total.